The molecule has 11 heteroatoms. The number of hydrogen-bond donors (Lipinski definition) is 1. The molecule has 0 saturated heterocycles. The highest BCUT2D eigenvalue weighted by molar-refractivity contribution is 6.02. The van der Waals surface area contributed by atoms with Crippen LogP contribution >= 0.6 is 0 Å². The highest BCUT2D eigenvalue weighted by Gasteiger charge is 2.34. The minimum absolute atomic E-state index is 0.0351. The van der Waals surface area contributed by atoms with Gasteiger partial charge in [-0.25, -0.2) is 0 Å². The number of alkyl halides is 3. The predicted octanol–water partition coefficient (Wildman–Crippen LogP) is 2.40. The van der Waals surface area contributed by atoms with Crippen LogP contribution < -0.4 is 5.32 Å². The highest BCUT2D eigenvalue weighted by atomic mass is 19.4. The zero-order valence-electron chi connectivity index (χ0n) is 16.3. The van der Waals surface area contributed by atoms with Crippen LogP contribution in [0.3, 0.4) is 0 Å². The summed E-state index contributed by atoms with van der Waals surface area (Å²) in [5, 5.41) is 10.3. The summed E-state index contributed by atoms with van der Waals surface area (Å²) >= 11 is 0. The molecular weight excluding hydrogens is 377 g/mol. The summed E-state index contributed by atoms with van der Waals surface area (Å²) in [7, 11) is 3.17. The van der Waals surface area contributed by atoms with Crippen molar-refractivity contribution in [2.24, 2.45) is 5.92 Å². The Bertz CT molecular complexity index is 869. The Hall–Kier alpha value is -2.85. The van der Waals surface area contributed by atoms with Gasteiger partial charge in [0.2, 0.25) is 5.91 Å². The van der Waals surface area contributed by atoms with Crippen molar-refractivity contribution in [3.8, 4) is 0 Å². The van der Waals surface area contributed by atoms with E-state index in [1.807, 2.05) is 6.92 Å². The van der Waals surface area contributed by atoms with Gasteiger partial charge in [-0.3, -0.25) is 19.0 Å². The van der Waals surface area contributed by atoms with Crippen LogP contribution in [0.5, 0.6) is 0 Å². The third-order valence-electron chi connectivity index (χ3n) is 4.17. The summed E-state index contributed by atoms with van der Waals surface area (Å²) < 4.78 is 41.0. The fraction of sp³-hybridized carbons (Fsp3) is 0.529. The molecule has 28 heavy (non-hydrogen) atoms. The third-order valence-corrected chi connectivity index (χ3v) is 4.17. The monoisotopic (exact) mass is 400 g/mol. The SMILES string of the molecule is CCn1ncc(NC(=O)C(C)Cn2nc(C(F)(F)F)cc2C)c1C(=O)N(C)C. The van der Waals surface area contributed by atoms with Crippen molar-refractivity contribution in [1.82, 2.24) is 24.5 Å². The zero-order valence-corrected chi connectivity index (χ0v) is 16.3. The molecule has 0 fully saturated rings. The van der Waals surface area contributed by atoms with Crippen LogP contribution in [0, 0.1) is 12.8 Å². The van der Waals surface area contributed by atoms with E-state index in [0.717, 1.165) is 10.7 Å². The summed E-state index contributed by atoms with van der Waals surface area (Å²) in [5.41, 5.74) is -0.205. The van der Waals surface area contributed by atoms with Crippen molar-refractivity contribution in [2.45, 2.75) is 40.0 Å². The molecular formula is C17H23F3N6O2. The molecule has 2 aromatic rings. The third kappa shape index (κ3) is 4.52. The first-order valence-corrected chi connectivity index (χ1v) is 8.65. The average molecular weight is 400 g/mol. The Morgan fingerprint density at radius 1 is 1.29 bits per heavy atom. The first-order valence-electron chi connectivity index (χ1n) is 8.65. The number of hydrogen-bond acceptors (Lipinski definition) is 4. The normalized spacial score (nSPS) is 12.7. The van der Waals surface area contributed by atoms with E-state index in [1.165, 1.54) is 22.7 Å². The largest absolute Gasteiger partial charge is 0.435 e. The lowest BCUT2D eigenvalue weighted by molar-refractivity contribution is -0.141. The van der Waals surface area contributed by atoms with Crippen molar-refractivity contribution in [3.05, 3.63) is 29.3 Å². The van der Waals surface area contributed by atoms with Gasteiger partial charge in [-0.2, -0.15) is 23.4 Å². The Morgan fingerprint density at radius 2 is 1.93 bits per heavy atom. The van der Waals surface area contributed by atoms with Crippen molar-refractivity contribution < 1.29 is 22.8 Å². The van der Waals surface area contributed by atoms with Gasteiger partial charge >= 0.3 is 6.18 Å². The van der Waals surface area contributed by atoms with E-state index in [2.05, 4.69) is 15.5 Å². The van der Waals surface area contributed by atoms with Crippen LogP contribution in [0.25, 0.3) is 0 Å². The molecule has 1 N–H and O–H groups in total. The standard InChI is InChI=1S/C17H23F3N6O2/c1-6-25-14(16(28)24(4)5)12(8-21-25)22-15(27)10(2)9-26-11(3)7-13(23-26)17(18,19)20/h7-8,10H,6,9H2,1-5H3,(H,22,27). The molecule has 2 amide bonds. The average Bonchev–Trinajstić information content (AvgIpc) is 3.17. The maximum atomic E-state index is 12.8. The topological polar surface area (TPSA) is 85.0 Å². The van der Waals surface area contributed by atoms with Crippen LogP contribution in [-0.4, -0.2) is 50.4 Å². The number of nitrogens with one attached hydrogen (secondary N) is 1. The quantitative estimate of drug-likeness (QED) is 0.807. The fourth-order valence-electron chi connectivity index (χ4n) is 2.59. The first kappa shape index (κ1) is 21.5. The number of carbonyl (C=O) groups excluding carboxylic acids is 2. The summed E-state index contributed by atoms with van der Waals surface area (Å²) in [6.07, 6.45) is -3.16. The number of carbonyl (C=O) groups is 2. The molecule has 2 rings (SSSR count). The van der Waals surface area contributed by atoms with Crippen LogP contribution in [0.4, 0.5) is 18.9 Å². The molecule has 0 aliphatic heterocycles. The van der Waals surface area contributed by atoms with Gasteiger partial charge < -0.3 is 10.2 Å². The van der Waals surface area contributed by atoms with E-state index in [-0.39, 0.29) is 23.8 Å². The molecule has 8 nitrogen and oxygen atoms in total. The Balaban J connectivity index is 2.17. The summed E-state index contributed by atoms with van der Waals surface area (Å²) in [5.74, 6) is -1.46. The fourth-order valence-corrected chi connectivity index (χ4v) is 2.59. The molecule has 0 spiro atoms. The van der Waals surface area contributed by atoms with Gasteiger partial charge in [0.05, 0.1) is 24.3 Å². The summed E-state index contributed by atoms with van der Waals surface area (Å²) in [6, 6.07) is 0.934. The number of nitrogens with zero attached hydrogens (tertiary/aromatic N) is 5. The number of aryl methyl sites for hydroxylation is 2. The zero-order chi connectivity index (χ0) is 21.2. The molecule has 1 unspecified atom stereocenters. The maximum absolute atomic E-state index is 12.8. The van der Waals surface area contributed by atoms with E-state index >= 15 is 0 Å². The second-order valence-electron chi connectivity index (χ2n) is 6.66. The van der Waals surface area contributed by atoms with E-state index < -0.39 is 23.7 Å². The van der Waals surface area contributed by atoms with Crippen LogP contribution in [-0.2, 0) is 24.1 Å². The lowest BCUT2D eigenvalue weighted by Crippen LogP contribution is -2.29. The number of anilines is 1. The van der Waals surface area contributed by atoms with Gasteiger partial charge in [0, 0.05) is 26.3 Å². The molecule has 154 valence electrons. The van der Waals surface area contributed by atoms with Crippen LogP contribution in [0.1, 0.15) is 35.7 Å². The van der Waals surface area contributed by atoms with Gasteiger partial charge in [0.1, 0.15) is 5.69 Å². The van der Waals surface area contributed by atoms with E-state index in [1.54, 1.807) is 21.0 Å². The number of amides is 2. The Morgan fingerprint density at radius 3 is 2.43 bits per heavy atom. The van der Waals surface area contributed by atoms with Crippen molar-refractivity contribution in [3.63, 3.8) is 0 Å². The van der Waals surface area contributed by atoms with Crippen molar-refractivity contribution in [2.75, 3.05) is 19.4 Å². The minimum Gasteiger partial charge on any atom is -0.343 e. The second-order valence-corrected chi connectivity index (χ2v) is 6.66. The predicted molar refractivity (Wildman–Crippen MR) is 95.7 cm³/mol. The lowest BCUT2D eigenvalue weighted by atomic mass is 10.1. The summed E-state index contributed by atoms with van der Waals surface area (Å²) in [6.45, 7) is 5.28. The Labute approximate surface area is 160 Å². The van der Waals surface area contributed by atoms with E-state index in [0.29, 0.717) is 12.2 Å². The number of rotatable bonds is 6. The van der Waals surface area contributed by atoms with Gasteiger partial charge in [0.25, 0.3) is 5.91 Å². The molecule has 0 aromatic carbocycles. The second kappa shape index (κ2) is 8.03. The van der Waals surface area contributed by atoms with Crippen molar-refractivity contribution in [1.29, 1.82) is 0 Å². The highest BCUT2D eigenvalue weighted by Crippen LogP contribution is 2.28. The molecule has 2 heterocycles. The molecule has 2 aromatic heterocycles. The van der Waals surface area contributed by atoms with Crippen LogP contribution in [0.2, 0.25) is 0 Å². The molecule has 0 aliphatic carbocycles. The number of halogens is 3. The molecule has 0 saturated carbocycles. The van der Waals surface area contributed by atoms with Gasteiger partial charge in [0.15, 0.2) is 5.69 Å². The van der Waals surface area contributed by atoms with Crippen LogP contribution in [0.15, 0.2) is 12.3 Å². The molecule has 0 radical (unpaired) electrons. The Kier molecular flexibility index (Phi) is 6.15. The van der Waals surface area contributed by atoms with Gasteiger partial charge in [-0.15, -0.1) is 0 Å². The van der Waals surface area contributed by atoms with E-state index in [4.69, 9.17) is 0 Å². The summed E-state index contributed by atoms with van der Waals surface area (Å²) in [4.78, 5) is 26.3. The molecule has 0 aliphatic rings. The minimum atomic E-state index is -4.54. The van der Waals surface area contributed by atoms with Gasteiger partial charge in [-0.05, 0) is 19.9 Å². The van der Waals surface area contributed by atoms with E-state index in [9.17, 15) is 22.8 Å². The first-order chi connectivity index (χ1) is 13.0. The molecule has 1 atom stereocenters. The van der Waals surface area contributed by atoms with Gasteiger partial charge in [-0.1, -0.05) is 6.92 Å². The smallest absolute Gasteiger partial charge is 0.343 e. The maximum Gasteiger partial charge on any atom is 0.435 e. The lowest BCUT2D eigenvalue weighted by Gasteiger charge is -2.16. The number of aromatic nitrogens is 4. The van der Waals surface area contributed by atoms with Crippen molar-refractivity contribution >= 4 is 17.5 Å². The molecule has 0 bridgehead atoms.